The van der Waals surface area contributed by atoms with E-state index in [0.717, 1.165) is 18.0 Å². The average molecular weight is 343 g/mol. The quantitative estimate of drug-likeness (QED) is 0.661. The number of nitriles is 1. The summed E-state index contributed by atoms with van der Waals surface area (Å²) in [6.07, 6.45) is 5.86. The number of benzene rings is 2. The van der Waals surface area contributed by atoms with E-state index in [1.807, 2.05) is 12.1 Å². The molecule has 132 valence electrons. The van der Waals surface area contributed by atoms with E-state index in [1.165, 1.54) is 55.4 Å². The summed E-state index contributed by atoms with van der Waals surface area (Å²) in [5.41, 5.74) is 3.42. The van der Waals surface area contributed by atoms with E-state index in [1.54, 1.807) is 0 Å². The molecule has 0 bridgehead atoms. The highest BCUT2D eigenvalue weighted by molar-refractivity contribution is 5.81. The summed E-state index contributed by atoms with van der Waals surface area (Å²) < 4.78 is 2.36. The molecule has 1 aliphatic rings. The summed E-state index contributed by atoms with van der Waals surface area (Å²) >= 11 is 0. The topological polar surface area (TPSA) is 32.0 Å². The van der Waals surface area contributed by atoms with Gasteiger partial charge < -0.3 is 9.47 Å². The minimum Gasteiger partial charge on any atom is -0.347 e. The summed E-state index contributed by atoms with van der Waals surface area (Å²) in [7, 11) is 0. The van der Waals surface area contributed by atoms with Crippen LogP contribution in [0.15, 0.2) is 60.8 Å². The number of aryl methyl sites for hydroxylation is 1. The van der Waals surface area contributed by atoms with Crippen LogP contribution in [0.4, 0.5) is 0 Å². The zero-order valence-corrected chi connectivity index (χ0v) is 15.1. The number of fused-ring (bicyclic) bond motifs is 1. The fourth-order valence-corrected chi connectivity index (χ4v) is 4.12. The van der Waals surface area contributed by atoms with Crippen molar-refractivity contribution in [2.45, 2.75) is 25.8 Å². The second-order valence-corrected chi connectivity index (χ2v) is 7.40. The van der Waals surface area contributed by atoms with E-state index < -0.39 is 0 Å². The van der Waals surface area contributed by atoms with Crippen LogP contribution in [0.2, 0.25) is 0 Å². The first-order chi connectivity index (χ1) is 12.8. The molecule has 0 aliphatic carbocycles. The molecule has 0 spiro atoms. The Bertz CT molecular complexity index is 904. The van der Waals surface area contributed by atoms with Gasteiger partial charge in [0, 0.05) is 30.2 Å². The molecular formula is C23H25N3. The standard InChI is InChI=1S/C23H25N3/c24-16-20-8-9-23-22(15-20)11-14-26(23)18-21-10-13-25(17-21)12-4-7-19-5-2-1-3-6-19/h1-3,5-6,8-9,11,14-15,21H,4,7,10,12-13,17-18H2. The Morgan fingerprint density at radius 1 is 1.08 bits per heavy atom. The Kier molecular flexibility index (Phi) is 5.04. The van der Waals surface area contributed by atoms with Gasteiger partial charge in [-0.25, -0.2) is 0 Å². The summed E-state index contributed by atoms with van der Waals surface area (Å²) in [5.74, 6) is 0.720. The zero-order chi connectivity index (χ0) is 17.8. The molecule has 1 aromatic heterocycles. The van der Waals surface area contributed by atoms with Crippen LogP contribution in [-0.2, 0) is 13.0 Å². The summed E-state index contributed by atoms with van der Waals surface area (Å²) in [6.45, 7) is 4.69. The summed E-state index contributed by atoms with van der Waals surface area (Å²) in [4.78, 5) is 2.62. The van der Waals surface area contributed by atoms with Gasteiger partial charge in [-0.3, -0.25) is 0 Å². The first-order valence-electron chi connectivity index (χ1n) is 9.57. The minimum atomic E-state index is 0.720. The van der Waals surface area contributed by atoms with Gasteiger partial charge in [0.05, 0.1) is 11.6 Å². The van der Waals surface area contributed by atoms with Gasteiger partial charge in [0.25, 0.3) is 0 Å². The van der Waals surface area contributed by atoms with Crippen LogP contribution in [0, 0.1) is 17.2 Å². The maximum absolute atomic E-state index is 9.04. The van der Waals surface area contributed by atoms with Gasteiger partial charge >= 0.3 is 0 Å². The van der Waals surface area contributed by atoms with E-state index in [0.29, 0.717) is 0 Å². The predicted molar refractivity (Wildman–Crippen MR) is 106 cm³/mol. The molecule has 2 aromatic carbocycles. The highest BCUT2D eigenvalue weighted by Crippen LogP contribution is 2.23. The molecule has 0 amide bonds. The highest BCUT2D eigenvalue weighted by Gasteiger charge is 2.22. The molecule has 1 unspecified atom stereocenters. The normalized spacial score (nSPS) is 17.6. The Hall–Kier alpha value is -2.57. The van der Waals surface area contributed by atoms with Crippen molar-refractivity contribution in [3.05, 3.63) is 71.9 Å². The largest absolute Gasteiger partial charge is 0.347 e. The van der Waals surface area contributed by atoms with Gasteiger partial charge in [-0.2, -0.15) is 5.26 Å². The smallest absolute Gasteiger partial charge is 0.0991 e. The first kappa shape index (κ1) is 16.9. The third kappa shape index (κ3) is 3.81. The van der Waals surface area contributed by atoms with E-state index in [2.05, 4.69) is 64.2 Å². The highest BCUT2D eigenvalue weighted by atomic mass is 15.1. The van der Waals surface area contributed by atoms with Crippen LogP contribution >= 0.6 is 0 Å². The van der Waals surface area contributed by atoms with Crippen molar-refractivity contribution in [1.82, 2.24) is 9.47 Å². The fraction of sp³-hybridized carbons (Fsp3) is 0.348. The van der Waals surface area contributed by atoms with Crippen molar-refractivity contribution in [3.8, 4) is 6.07 Å². The molecule has 0 saturated carbocycles. The fourth-order valence-electron chi connectivity index (χ4n) is 4.12. The molecule has 3 nitrogen and oxygen atoms in total. The van der Waals surface area contributed by atoms with Crippen molar-refractivity contribution in [2.24, 2.45) is 5.92 Å². The van der Waals surface area contributed by atoms with Gasteiger partial charge in [-0.1, -0.05) is 30.3 Å². The third-order valence-corrected chi connectivity index (χ3v) is 5.51. The number of hydrogen-bond acceptors (Lipinski definition) is 2. The Morgan fingerprint density at radius 2 is 1.96 bits per heavy atom. The van der Waals surface area contributed by atoms with Crippen molar-refractivity contribution in [3.63, 3.8) is 0 Å². The van der Waals surface area contributed by atoms with Crippen molar-refractivity contribution in [2.75, 3.05) is 19.6 Å². The molecule has 26 heavy (non-hydrogen) atoms. The molecule has 1 atom stereocenters. The van der Waals surface area contributed by atoms with Gasteiger partial charge in [0.1, 0.15) is 0 Å². The Labute approximate surface area is 155 Å². The summed E-state index contributed by atoms with van der Waals surface area (Å²) in [6, 6.07) is 21.1. The molecule has 1 fully saturated rings. The van der Waals surface area contributed by atoms with E-state index in [9.17, 15) is 0 Å². The van der Waals surface area contributed by atoms with Crippen LogP contribution in [0.5, 0.6) is 0 Å². The number of likely N-dealkylation sites (tertiary alicyclic amines) is 1. The van der Waals surface area contributed by atoms with Gasteiger partial charge in [0.15, 0.2) is 0 Å². The lowest BCUT2D eigenvalue weighted by molar-refractivity contribution is 0.313. The summed E-state index contributed by atoms with van der Waals surface area (Å²) in [5, 5.41) is 10.2. The van der Waals surface area contributed by atoms with Crippen LogP contribution in [0.25, 0.3) is 10.9 Å². The lowest BCUT2D eigenvalue weighted by Gasteiger charge is -2.16. The second-order valence-electron chi connectivity index (χ2n) is 7.40. The van der Waals surface area contributed by atoms with Crippen LogP contribution in [0.1, 0.15) is 24.0 Å². The predicted octanol–water partition coefficient (Wildman–Crippen LogP) is 4.47. The molecule has 2 heterocycles. The number of rotatable bonds is 6. The van der Waals surface area contributed by atoms with Crippen molar-refractivity contribution < 1.29 is 0 Å². The number of nitrogens with zero attached hydrogens (tertiary/aromatic N) is 3. The third-order valence-electron chi connectivity index (χ3n) is 5.51. The molecule has 1 saturated heterocycles. The Balaban J connectivity index is 1.30. The minimum absolute atomic E-state index is 0.720. The van der Waals surface area contributed by atoms with E-state index >= 15 is 0 Å². The Morgan fingerprint density at radius 3 is 2.81 bits per heavy atom. The SMILES string of the molecule is N#Cc1ccc2c(ccn2CC2CCN(CCCc3ccccc3)C2)c1. The van der Waals surface area contributed by atoms with Crippen LogP contribution < -0.4 is 0 Å². The molecule has 3 heteroatoms. The number of aromatic nitrogens is 1. The lowest BCUT2D eigenvalue weighted by atomic mass is 10.1. The van der Waals surface area contributed by atoms with Crippen molar-refractivity contribution in [1.29, 1.82) is 5.26 Å². The van der Waals surface area contributed by atoms with E-state index in [-0.39, 0.29) is 0 Å². The van der Waals surface area contributed by atoms with Crippen LogP contribution in [-0.4, -0.2) is 29.1 Å². The maximum atomic E-state index is 9.04. The molecule has 0 radical (unpaired) electrons. The monoisotopic (exact) mass is 343 g/mol. The first-order valence-corrected chi connectivity index (χ1v) is 9.57. The van der Waals surface area contributed by atoms with Gasteiger partial charge in [-0.05, 0) is 68.1 Å². The van der Waals surface area contributed by atoms with Crippen LogP contribution in [0.3, 0.4) is 0 Å². The lowest BCUT2D eigenvalue weighted by Crippen LogP contribution is -2.23. The molecular weight excluding hydrogens is 318 g/mol. The maximum Gasteiger partial charge on any atom is 0.0991 e. The average Bonchev–Trinajstić information content (AvgIpc) is 3.29. The number of hydrogen-bond donors (Lipinski definition) is 0. The van der Waals surface area contributed by atoms with E-state index in [4.69, 9.17) is 5.26 Å². The van der Waals surface area contributed by atoms with Gasteiger partial charge in [0.2, 0.25) is 0 Å². The second kappa shape index (κ2) is 7.76. The van der Waals surface area contributed by atoms with Gasteiger partial charge in [-0.15, -0.1) is 0 Å². The molecule has 4 rings (SSSR count). The zero-order valence-electron chi connectivity index (χ0n) is 15.1. The molecule has 3 aromatic rings. The molecule has 1 aliphatic heterocycles. The molecule has 0 N–H and O–H groups in total. The van der Waals surface area contributed by atoms with Crippen molar-refractivity contribution >= 4 is 10.9 Å².